The smallest absolute Gasteiger partial charge is 0.269 e. The van der Waals surface area contributed by atoms with Crippen molar-refractivity contribution in [2.24, 2.45) is 0 Å². The van der Waals surface area contributed by atoms with E-state index in [1.807, 2.05) is 0 Å². The summed E-state index contributed by atoms with van der Waals surface area (Å²) in [5.41, 5.74) is 0.199. The van der Waals surface area contributed by atoms with E-state index in [0.29, 0.717) is 18.0 Å². The number of non-ortho nitro benzene ring substituents is 1. The van der Waals surface area contributed by atoms with Crippen molar-refractivity contribution in [3.8, 4) is 5.75 Å². The molecule has 1 atom stereocenters. The highest BCUT2D eigenvalue weighted by Crippen LogP contribution is 2.22. The maximum atomic E-state index is 12.3. The van der Waals surface area contributed by atoms with E-state index in [-0.39, 0.29) is 16.7 Å². The molecule has 1 aliphatic rings. The Bertz CT molecular complexity index is 859. The monoisotopic (exact) mass is 378 g/mol. The van der Waals surface area contributed by atoms with Crippen LogP contribution in [0.3, 0.4) is 0 Å². The van der Waals surface area contributed by atoms with Crippen molar-refractivity contribution >= 4 is 21.4 Å². The summed E-state index contributed by atoms with van der Waals surface area (Å²) >= 11 is 0. The van der Waals surface area contributed by atoms with Gasteiger partial charge >= 0.3 is 0 Å². The molecule has 0 aliphatic carbocycles. The van der Waals surface area contributed by atoms with Crippen molar-refractivity contribution in [2.45, 2.75) is 23.8 Å². The van der Waals surface area contributed by atoms with E-state index in [9.17, 15) is 18.5 Å². The lowest BCUT2D eigenvalue weighted by atomic mass is 10.2. The molecular weight excluding hydrogens is 360 g/mol. The van der Waals surface area contributed by atoms with Gasteiger partial charge in [-0.2, -0.15) is 0 Å². The van der Waals surface area contributed by atoms with Crippen molar-refractivity contribution in [3.63, 3.8) is 0 Å². The molecular formula is C17H18N2O6S. The zero-order valence-electron chi connectivity index (χ0n) is 13.8. The quantitative estimate of drug-likeness (QED) is 0.586. The minimum absolute atomic E-state index is 0.0539. The summed E-state index contributed by atoms with van der Waals surface area (Å²) in [5.74, 6) is 0.624. The van der Waals surface area contributed by atoms with Gasteiger partial charge in [-0.3, -0.25) is 14.8 Å². The molecule has 0 amide bonds. The van der Waals surface area contributed by atoms with Crippen LogP contribution in [0.15, 0.2) is 53.4 Å². The van der Waals surface area contributed by atoms with E-state index in [0.717, 1.165) is 31.6 Å². The van der Waals surface area contributed by atoms with E-state index in [1.54, 1.807) is 24.3 Å². The van der Waals surface area contributed by atoms with Crippen molar-refractivity contribution in [3.05, 3.63) is 58.6 Å². The molecule has 1 N–H and O–H groups in total. The van der Waals surface area contributed by atoms with Crippen LogP contribution in [0.25, 0.3) is 0 Å². The predicted octanol–water partition coefficient (Wildman–Crippen LogP) is 2.95. The summed E-state index contributed by atoms with van der Waals surface area (Å²) < 4.78 is 38.2. The summed E-state index contributed by atoms with van der Waals surface area (Å²) in [6, 6.07) is 11.2. The number of nitro benzene ring substituents is 1. The number of rotatable bonds is 7. The SMILES string of the molecule is O=[N+]([O-])c1ccc(S(=O)(=O)Nc2ccc(OCC3CCCO3)cc2)cc1. The predicted molar refractivity (Wildman–Crippen MR) is 94.8 cm³/mol. The van der Waals surface area contributed by atoms with E-state index in [1.165, 1.54) is 12.1 Å². The zero-order chi connectivity index (χ0) is 18.6. The summed E-state index contributed by atoms with van der Waals surface area (Å²) in [4.78, 5) is 10.0. The fourth-order valence-electron chi connectivity index (χ4n) is 2.55. The Morgan fingerprint density at radius 1 is 1.15 bits per heavy atom. The van der Waals surface area contributed by atoms with Gasteiger partial charge in [0.25, 0.3) is 15.7 Å². The van der Waals surface area contributed by atoms with Gasteiger partial charge in [0.1, 0.15) is 12.4 Å². The number of nitrogens with zero attached hydrogens (tertiary/aromatic N) is 1. The van der Waals surface area contributed by atoms with Crippen LogP contribution < -0.4 is 9.46 Å². The number of nitrogens with one attached hydrogen (secondary N) is 1. The summed E-state index contributed by atoms with van der Waals surface area (Å²) in [6.45, 7) is 1.23. The molecule has 3 rings (SSSR count). The average Bonchev–Trinajstić information content (AvgIpc) is 3.14. The Labute approximate surface area is 150 Å². The normalized spacial score (nSPS) is 17.0. The maximum Gasteiger partial charge on any atom is 0.269 e. The highest BCUT2D eigenvalue weighted by atomic mass is 32.2. The van der Waals surface area contributed by atoms with E-state index >= 15 is 0 Å². The number of nitro groups is 1. The molecule has 2 aromatic rings. The Morgan fingerprint density at radius 3 is 2.42 bits per heavy atom. The van der Waals surface area contributed by atoms with Gasteiger partial charge in [-0.25, -0.2) is 8.42 Å². The van der Waals surface area contributed by atoms with E-state index < -0.39 is 14.9 Å². The number of hydrogen-bond donors (Lipinski definition) is 1. The van der Waals surface area contributed by atoms with Gasteiger partial charge in [-0.05, 0) is 49.2 Å². The Kier molecular flexibility index (Phi) is 5.38. The molecule has 9 heteroatoms. The molecule has 0 spiro atoms. The van der Waals surface area contributed by atoms with Gasteiger partial charge in [0.15, 0.2) is 0 Å². The third kappa shape index (κ3) is 4.50. The van der Waals surface area contributed by atoms with Crippen molar-refractivity contribution in [2.75, 3.05) is 17.9 Å². The second-order valence-corrected chi connectivity index (χ2v) is 7.51. The zero-order valence-corrected chi connectivity index (χ0v) is 14.6. The molecule has 0 radical (unpaired) electrons. The molecule has 8 nitrogen and oxygen atoms in total. The van der Waals surface area contributed by atoms with Crippen LogP contribution in [0.2, 0.25) is 0 Å². The molecule has 2 aromatic carbocycles. The van der Waals surface area contributed by atoms with Crippen molar-refractivity contribution < 1.29 is 22.8 Å². The standard InChI is InChI=1S/C17H18N2O6S/c20-19(21)14-5-9-17(10-6-14)26(22,23)18-13-3-7-15(8-4-13)25-12-16-2-1-11-24-16/h3-10,16,18H,1-2,11-12H2. The first kappa shape index (κ1) is 18.2. The third-order valence-electron chi connectivity index (χ3n) is 3.92. The summed E-state index contributed by atoms with van der Waals surface area (Å²) in [7, 11) is -3.83. The number of sulfonamides is 1. The van der Waals surface area contributed by atoms with Crippen LogP contribution in [0, 0.1) is 10.1 Å². The highest BCUT2D eigenvalue weighted by molar-refractivity contribution is 7.92. The van der Waals surface area contributed by atoms with Crippen LogP contribution in [0.1, 0.15) is 12.8 Å². The topological polar surface area (TPSA) is 108 Å². The Morgan fingerprint density at radius 2 is 1.85 bits per heavy atom. The summed E-state index contributed by atoms with van der Waals surface area (Å²) in [6.07, 6.45) is 2.13. The molecule has 1 aliphatic heterocycles. The van der Waals surface area contributed by atoms with E-state index in [4.69, 9.17) is 9.47 Å². The van der Waals surface area contributed by atoms with Crippen molar-refractivity contribution in [1.29, 1.82) is 0 Å². The van der Waals surface area contributed by atoms with E-state index in [2.05, 4.69) is 4.72 Å². The van der Waals surface area contributed by atoms with Crippen LogP contribution in [0.5, 0.6) is 5.75 Å². The second-order valence-electron chi connectivity index (χ2n) is 5.83. The third-order valence-corrected chi connectivity index (χ3v) is 5.32. The van der Waals surface area contributed by atoms with Crippen LogP contribution in [-0.4, -0.2) is 32.7 Å². The van der Waals surface area contributed by atoms with Crippen molar-refractivity contribution in [1.82, 2.24) is 0 Å². The summed E-state index contributed by atoms with van der Waals surface area (Å²) in [5, 5.41) is 10.6. The molecule has 1 saturated heterocycles. The number of ether oxygens (including phenoxy) is 2. The minimum Gasteiger partial charge on any atom is -0.491 e. The molecule has 138 valence electrons. The number of hydrogen-bond acceptors (Lipinski definition) is 6. The molecule has 0 saturated carbocycles. The highest BCUT2D eigenvalue weighted by Gasteiger charge is 2.17. The maximum absolute atomic E-state index is 12.3. The first-order valence-electron chi connectivity index (χ1n) is 8.06. The molecule has 26 heavy (non-hydrogen) atoms. The van der Waals surface area contributed by atoms with Gasteiger partial charge in [0.05, 0.1) is 15.9 Å². The minimum atomic E-state index is -3.83. The van der Waals surface area contributed by atoms with Crippen LogP contribution in [-0.2, 0) is 14.8 Å². The number of anilines is 1. The second kappa shape index (κ2) is 7.71. The van der Waals surface area contributed by atoms with Crippen LogP contribution in [0.4, 0.5) is 11.4 Å². The van der Waals surface area contributed by atoms with Gasteiger partial charge in [0, 0.05) is 24.4 Å². The van der Waals surface area contributed by atoms with Gasteiger partial charge in [0.2, 0.25) is 0 Å². The fraction of sp³-hybridized carbons (Fsp3) is 0.294. The molecule has 0 bridgehead atoms. The Hall–Kier alpha value is -2.65. The molecule has 1 heterocycles. The lowest BCUT2D eigenvalue weighted by Gasteiger charge is -2.12. The fourth-order valence-corrected chi connectivity index (χ4v) is 3.60. The van der Waals surface area contributed by atoms with Gasteiger partial charge in [-0.1, -0.05) is 0 Å². The molecule has 1 unspecified atom stereocenters. The lowest BCUT2D eigenvalue weighted by Crippen LogP contribution is -2.16. The first-order valence-corrected chi connectivity index (χ1v) is 9.54. The first-order chi connectivity index (χ1) is 12.4. The molecule has 0 aromatic heterocycles. The van der Waals surface area contributed by atoms with Gasteiger partial charge in [-0.15, -0.1) is 0 Å². The largest absolute Gasteiger partial charge is 0.491 e. The average molecular weight is 378 g/mol. The molecule has 1 fully saturated rings. The lowest BCUT2D eigenvalue weighted by molar-refractivity contribution is -0.384. The van der Waals surface area contributed by atoms with Gasteiger partial charge < -0.3 is 9.47 Å². The Balaban J connectivity index is 1.62. The van der Waals surface area contributed by atoms with Crippen LogP contribution >= 0.6 is 0 Å². The number of benzene rings is 2.